The number of carbonyl (C=O) groups is 1. The number of benzene rings is 2. The molecule has 11 heteroatoms. The SMILES string of the molecule is CN(C)S(=O)(=O)NCc1ccc(Nc2cc(NCc3cccc4ccsc34)c(C(N)=O)cn2)cc1. The molecule has 0 atom stereocenters. The van der Waals surface area contributed by atoms with Crippen molar-refractivity contribution in [3.05, 3.63) is 82.9 Å². The molecule has 4 rings (SSSR count). The van der Waals surface area contributed by atoms with E-state index in [2.05, 4.69) is 43.9 Å². The molecule has 2 aromatic carbocycles. The third-order valence-corrected chi connectivity index (χ3v) is 7.84. The highest BCUT2D eigenvalue weighted by atomic mass is 32.2. The van der Waals surface area contributed by atoms with Gasteiger partial charge in [0.2, 0.25) is 0 Å². The Labute approximate surface area is 208 Å². The van der Waals surface area contributed by atoms with Crippen LogP contribution in [0.25, 0.3) is 10.1 Å². The van der Waals surface area contributed by atoms with E-state index in [9.17, 15) is 13.2 Å². The maximum atomic E-state index is 12.0. The summed E-state index contributed by atoms with van der Waals surface area (Å²) in [7, 11) is -0.552. The van der Waals surface area contributed by atoms with Gasteiger partial charge in [-0.1, -0.05) is 30.3 Å². The predicted molar refractivity (Wildman–Crippen MR) is 141 cm³/mol. The molecule has 0 aliphatic carbocycles. The Hall–Kier alpha value is -3.51. The number of carbonyl (C=O) groups excluding carboxylic acids is 1. The highest BCUT2D eigenvalue weighted by molar-refractivity contribution is 7.87. The molecule has 2 aromatic heterocycles. The van der Waals surface area contributed by atoms with E-state index in [1.54, 1.807) is 17.4 Å². The smallest absolute Gasteiger partial charge is 0.279 e. The number of rotatable bonds is 10. The van der Waals surface area contributed by atoms with E-state index in [1.807, 2.05) is 30.3 Å². The highest BCUT2D eigenvalue weighted by Gasteiger charge is 2.13. The Kier molecular flexibility index (Phi) is 7.31. The lowest BCUT2D eigenvalue weighted by atomic mass is 10.1. The summed E-state index contributed by atoms with van der Waals surface area (Å²) in [6, 6.07) is 17.2. The van der Waals surface area contributed by atoms with Crippen LogP contribution in [0.15, 0.2) is 66.2 Å². The maximum absolute atomic E-state index is 12.0. The fourth-order valence-corrected chi connectivity index (χ4v) is 4.93. The minimum atomic E-state index is -3.49. The van der Waals surface area contributed by atoms with Gasteiger partial charge in [0.25, 0.3) is 16.1 Å². The highest BCUT2D eigenvalue weighted by Crippen LogP contribution is 2.27. The van der Waals surface area contributed by atoms with Crippen molar-refractivity contribution in [3.8, 4) is 0 Å². The lowest BCUT2D eigenvalue weighted by Crippen LogP contribution is -2.35. The second kappa shape index (κ2) is 10.4. The minimum Gasteiger partial charge on any atom is -0.380 e. The van der Waals surface area contributed by atoms with Gasteiger partial charge in [-0.05, 0) is 40.1 Å². The fourth-order valence-electron chi connectivity index (χ4n) is 3.41. The normalized spacial score (nSPS) is 11.6. The molecule has 182 valence electrons. The topological polar surface area (TPSA) is 129 Å². The van der Waals surface area contributed by atoms with Crippen molar-refractivity contribution in [1.29, 1.82) is 0 Å². The van der Waals surface area contributed by atoms with E-state index in [1.165, 1.54) is 30.4 Å². The lowest BCUT2D eigenvalue weighted by Gasteiger charge is -2.14. The number of thiophene rings is 1. The summed E-state index contributed by atoms with van der Waals surface area (Å²) in [6.45, 7) is 0.705. The zero-order chi connectivity index (χ0) is 25.0. The van der Waals surface area contributed by atoms with Gasteiger partial charge in [0.15, 0.2) is 0 Å². The van der Waals surface area contributed by atoms with Gasteiger partial charge < -0.3 is 16.4 Å². The first-order chi connectivity index (χ1) is 16.7. The summed E-state index contributed by atoms with van der Waals surface area (Å²) in [5.41, 5.74) is 9.15. The summed E-state index contributed by atoms with van der Waals surface area (Å²) >= 11 is 1.68. The number of hydrogen-bond donors (Lipinski definition) is 4. The molecule has 2 heterocycles. The molecule has 0 saturated heterocycles. The molecule has 0 bridgehead atoms. The molecule has 0 spiro atoms. The molecule has 0 fully saturated rings. The van der Waals surface area contributed by atoms with E-state index < -0.39 is 16.1 Å². The third kappa shape index (κ3) is 5.95. The Bertz CT molecular complexity index is 1450. The number of primary amides is 1. The van der Waals surface area contributed by atoms with E-state index in [4.69, 9.17) is 5.73 Å². The fraction of sp³-hybridized carbons (Fsp3) is 0.167. The number of amides is 1. The molecular weight excluding hydrogens is 484 g/mol. The molecule has 4 aromatic rings. The Morgan fingerprint density at radius 2 is 1.86 bits per heavy atom. The first-order valence-electron chi connectivity index (χ1n) is 10.7. The van der Waals surface area contributed by atoms with Crippen LogP contribution >= 0.6 is 11.3 Å². The van der Waals surface area contributed by atoms with Gasteiger partial charge in [-0.3, -0.25) is 4.79 Å². The first kappa shape index (κ1) is 24.6. The van der Waals surface area contributed by atoms with Crippen LogP contribution < -0.4 is 21.1 Å². The number of nitrogens with one attached hydrogen (secondary N) is 3. The summed E-state index contributed by atoms with van der Waals surface area (Å²) in [4.78, 5) is 16.3. The molecule has 0 saturated carbocycles. The molecule has 0 unspecified atom stereocenters. The van der Waals surface area contributed by atoms with E-state index >= 15 is 0 Å². The van der Waals surface area contributed by atoms with Crippen molar-refractivity contribution in [1.82, 2.24) is 14.0 Å². The molecule has 1 amide bonds. The Morgan fingerprint density at radius 3 is 2.57 bits per heavy atom. The van der Waals surface area contributed by atoms with Gasteiger partial charge in [-0.15, -0.1) is 11.3 Å². The molecule has 9 nitrogen and oxygen atoms in total. The van der Waals surface area contributed by atoms with Gasteiger partial charge >= 0.3 is 0 Å². The maximum Gasteiger partial charge on any atom is 0.279 e. The second-order valence-corrected chi connectivity index (χ2v) is 10.9. The van der Waals surface area contributed by atoms with E-state index in [0.717, 1.165) is 21.1 Å². The molecule has 0 aliphatic rings. The van der Waals surface area contributed by atoms with Crippen LogP contribution in [0.1, 0.15) is 21.5 Å². The third-order valence-electron chi connectivity index (χ3n) is 5.36. The van der Waals surface area contributed by atoms with Gasteiger partial charge in [0.05, 0.1) is 11.3 Å². The number of anilines is 3. The molecule has 0 aliphatic heterocycles. The zero-order valence-electron chi connectivity index (χ0n) is 19.3. The number of hydrogen-bond acceptors (Lipinski definition) is 7. The van der Waals surface area contributed by atoms with Crippen molar-refractivity contribution in [2.24, 2.45) is 5.73 Å². The molecule has 35 heavy (non-hydrogen) atoms. The van der Waals surface area contributed by atoms with Crippen LogP contribution in [0.3, 0.4) is 0 Å². The summed E-state index contributed by atoms with van der Waals surface area (Å²) in [5.74, 6) is -0.0293. The van der Waals surface area contributed by atoms with Crippen molar-refractivity contribution in [2.45, 2.75) is 13.1 Å². The van der Waals surface area contributed by atoms with Crippen molar-refractivity contribution in [3.63, 3.8) is 0 Å². The Morgan fingerprint density at radius 1 is 1.09 bits per heavy atom. The average molecular weight is 511 g/mol. The minimum absolute atomic E-state index is 0.178. The molecular formula is C24H26N6O3S2. The van der Waals surface area contributed by atoms with E-state index in [-0.39, 0.29) is 6.54 Å². The quantitative estimate of drug-likeness (QED) is 0.258. The summed E-state index contributed by atoms with van der Waals surface area (Å²) in [5, 5.41) is 9.76. The van der Waals surface area contributed by atoms with Crippen LogP contribution in [0.5, 0.6) is 0 Å². The van der Waals surface area contributed by atoms with Gasteiger partial charge in [0, 0.05) is 49.8 Å². The predicted octanol–water partition coefficient (Wildman–Crippen LogP) is 3.65. The molecule has 0 radical (unpaired) electrons. The zero-order valence-corrected chi connectivity index (χ0v) is 20.9. The Balaban J connectivity index is 1.47. The van der Waals surface area contributed by atoms with Crippen LogP contribution in [-0.2, 0) is 23.3 Å². The number of pyridine rings is 1. The summed E-state index contributed by atoms with van der Waals surface area (Å²) in [6.07, 6.45) is 1.45. The first-order valence-corrected chi connectivity index (χ1v) is 13.1. The van der Waals surface area contributed by atoms with Gasteiger partial charge in [0.1, 0.15) is 5.82 Å². The van der Waals surface area contributed by atoms with Crippen LogP contribution in [-0.4, -0.2) is 37.7 Å². The number of nitrogens with zero attached hydrogens (tertiary/aromatic N) is 2. The van der Waals surface area contributed by atoms with Gasteiger partial charge in [-0.2, -0.15) is 17.4 Å². The van der Waals surface area contributed by atoms with Crippen molar-refractivity contribution in [2.75, 3.05) is 24.7 Å². The van der Waals surface area contributed by atoms with Crippen LogP contribution in [0, 0.1) is 0 Å². The monoisotopic (exact) mass is 510 g/mol. The van der Waals surface area contributed by atoms with Crippen molar-refractivity contribution < 1.29 is 13.2 Å². The summed E-state index contributed by atoms with van der Waals surface area (Å²) < 4.78 is 28.6. The van der Waals surface area contributed by atoms with Crippen LogP contribution in [0.4, 0.5) is 17.2 Å². The second-order valence-electron chi connectivity index (χ2n) is 8.02. The number of fused-ring (bicyclic) bond motifs is 1. The molecule has 5 N–H and O–H groups in total. The number of nitrogens with two attached hydrogens (primary N) is 1. The average Bonchev–Trinajstić information content (AvgIpc) is 3.32. The van der Waals surface area contributed by atoms with E-state index in [0.29, 0.717) is 23.6 Å². The van der Waals surface area contributed by atoms with Crippen molar-refractivity contribution >= 4 is 54.7 Å². The largest absolute Gasteiger partial charge is 0.380 e. The standard InChI is InChI=1S/C24H26N6O3S2/c1-30(2)35(32,33)28-13-16-6-8-19(9-7-16)29-22-12-21(20(15-27-22)24(25)31)26-14-18-5-3-4-17-10-11-34-23(17)18/h3-12,15,28H,13-14H2,1-2H3,(H2,25,31)(H2,26,27,29). The lowest BCUT2D eigenvalue weighted by molar-refractivity contribution is 0.100. The van der Waals surface area contributed by atoms with Crippen LogP contribution in [0.2, 0.25) is 0 Å². The van der Waals surface area contributed by atoms with Gasteiger partial charge in [-0.25, -0.2) is 4.98 Å². The number of aromatic nitrogens is 1.